The van der Waals surface area contributed by atoms with Crippen LogP contribution in [0.15, 0.2) is 28.7 Å². The number of benzene rings is 1. The van der Waals surface area contributed by atoms with Gasteiger partial charge in [-0.15, -0.1) is 0 Å². The summed E-state index contributed by atoms with van der Waals surface area (Å²) >= 11 is 3.50. The molecule has 1 aromatic carbocycles. The van der Waals surface area contributed by atoms with E-state index >= 15 is 0 Å². The lowest BCUT2D eigenvalue weighted by molar-refractivity contribution is 0.181. The minimum atomic E-state index is 0.435. The number of hydrogen-bond acceptors (Lipinski definition) is 2. The summed E-state index contributed by atoms with van der Waals surface area (Å²) < 4.78 is 6.55. The van der Waals surface area contributed by atoms with Gasteiger partial charge in [-0.3, -0.25) is 0 Å². The van der Waals surface area contributed by atoms with Crippen LogP contribution in [0.4, 0.5) is 0 Å². The molecule has 1 aliphatic heterocycles. The van der Waals surface area contributed by atoms with Gasteiger partial charge in [-0.1, -0.05) is 28.1 Å². The van der Waals surface area contributed by atoms with Gasteiger partial charge in [0.1, 0.15) is 0 Å². The monoisotopic (exact) mass is 269 g/mol. The van der Waals surface area contributed by atoms with Crippen molar-refractivity contribution >= 4 is 15.9 Å². The number of nitrogens with two attached hydrogens (primary N) is 1. The predicted molar refractivity (Wildman–Crippen MR) is 64.9 cm³/mol. The topological polar surface area (TPSA) is 35.2 Å². The molecule has 15 heavy (non-hydrogen) atoms. The highest BCUT2D eigenvalue weighted by atomic mass is 79.9. The minimum Gasteiger partial charge on any atom is -0.381 e. The molecule has 0 aliphatic carbocycles. The zero-order chi connectivity index (χ0) is 10.7. The van der Waals surface area contributed by atoms with Gasteiger partial charge in [0.25, 0.3) is 0 Å². The number of rotatable bonds is 3. The molecule has 0 radical (unpaired) electrons. The summed E-state index contributed by atoms with van der Waals surface area (Å²) in [5.41, 5.74) is 7.19. The molecule has 0 bridgehead atoms. The Balaban J connectivity index is 2.18. The number of ether oxygens (including phenoxy) is 1. The van der Waals surface area contributed by atoms with E-state index < -0.39 is 0 Å². The Morgan fingerprint density at radius 1 is 1.53 bits per heavy atom. The summed E-state index contributed by atoms with van der Waals surface area (Å²) in [7, 11) is 0. The highest BCUT2D eigenvalue weighted by molar-refractivity contribution is 9.10. The molecule has 0 aromatic heterocycles. The molecule has 1 aliphatic rings. The van der Waals surface area contributed by atoms with E-state index in [4.69, 9.17) is 10.5 Å². The van der Waals surface area contributed by atoms with E-state index in [1.54, 1.807) is 0 Å². The van der Waals surface area contributed by atoms with Crippen LogP contribution in [0.25, 0.3) is 0 Å². The predicted octanol–water partition coefficient (Wildman–Crippen LogP) is 2.53. The molecule has 2 unspecified atom stereocenters. The van der Waals surface area contributed by atoms with Crippen LogP contribution in [0.1, 0.15) is 17.9 Å². The molecule has 0 saturated carbocycles. The SMILES string of the molecule is NCC(c1cccc(Br)c1)C1CCOC1. The van der Waals surface area contributed by atoms with E-state index in [1.165, 1.54) is 5.56 Å². The third kappa shape index (κ3) is 2.60. The maximum Gasteiger partial charge on any atom is 0.0501 e. The average molecular weight is 270 g/mol. The van der Waals surface area contributed by atoms with Crippen LogP contribution in [0, 0.1) is 5.92 Å². The van der Waals surface area contributed by atoms with Gasteiger partial charge < -0.3 is 10.5 Å². The van der Waals surface area contributed by atoms with Crippen molar-refractivity contribution in [2.75, 3.05) is 19.8 Å². The Morgan fingerprint density at radius 3 is 3.00 bits per heavy atom. The van der Waals surface area contributed by atoms with Gasteiger partial charge in [0.15, 0.2) is 0 Å². The van der Waals surface area contributed by atoms with E-state index in [0.29, 0.717) is 18.4 Å². The van der Waals surface area contributed by atoms with Crippen LogP contribution in [0.2, 0.25) is 0 Å². The fourth-order valence-corrected chi connectivity index (χ4v) is 2.62. The quantitative estimate of drug-likeness (QED) is 0.916. The highest BCUT2D eigenvalue weighted by Gasteiger charge is 2.25. The summed E-state index contributed by atoms with van der Waals surface area (Å²) in [6, 6.07) is 8.43. The molecular formula is C12H16BrNO. The fraction of sp³-hybridized carbons (Fsp3) is 0.500. The lowest BCUT2D eigenvalue weighted by atomic mass is 9.86. The second-order valence-electron chi connectivity index (χ2n) is 4.02. The molecule has 2 rings (SSSR count). The average Bonchev–Trinajstić information content (AvgIpc) is 2.72. The number of hydrogen-bond donors (Lipinski definition) is 1. The molecule has 1 heterocycles. The van der Waals surface area contributed by atoms with Gasteiger partial charge in [-0.2, -0.15) is 0 Å². The van der Waals surface area contributed by atoms with Crippen LogP contribution in [0.3, 0.4) is 0 Å². The van der Waals surface area contributed by atoms with E-state index in [2.05, 4.69) is 34.1 Å². The van der Waals surface area contributed by atoms with Gasteiger partial charge in [0, 0.05) is 17.0 Å². The molecule has 0 amide bonds. The van der Waals surface area contributed by atoms with Crippen molar-refractivity contribution < 1.29 is 4.74 Å². The molecular weight excluding hydrogens is 254 g/mol. The molecule has 3 heteroatoms. The molecule has 2 nitrogen and oxygen atoms in total. The fourth-order valence-electron chi connectivity index (χ4n) is 2.21. The Labute approximate surface area is 98.9 Å². The van der Waals surface area contributed by atoms with Crippen molar-refractivity contribution in [1.29, 1.82) is 0 Å². The van der Waals surface area contributed by atoms with E-state index in [9.17, 15) is 0 Å². The van der Waals surface area contributed by atoms with Gasteiger partial charge in [0.05, 0.1) is 6.61 Å². The van der Waals surface area contributed by atoms with Gasteiger partial charge in [-0.05, 0) is 36.6 Å². The molecule has 1 aromatic rings. The van der Waals surface area contributed by atoms with Crippen molar-refractivity contribution in [2.45, 2.75) is 12.3 Å². The van der Waals surface area contributed by atoms with Crippen LogP contribution < -0.4 is 5.73 Å². The summed E-state index contributed by atoms with van der Waals surface area (Å²) in [6.45, 7) is 2.44. The molecule has 1 fully saturated rings. The highest BCUT2D eigenvalue weighted by Crippen LogP contribution is 2.31. The third-order valence-corrected chi connectivity index (χ3v) is 3.56. The lowest BCUT2D eigenvalue weighted by Crippen LogP contribution is -2.21. The second-order valence-corrected chi connectivity index (χ2v) is 4.94. The second kappa shape index (κ2) is 5.10. The Morgan fingerprint density at radius 2 is 2.40 bits per heavy atom. The van der Waals surface area contributed by atoms with Crippen LogP contribution in [0.5, 0.6) is 0 Å². The first-order valence-corrected chi connectivity index (χ1v) is 6.14. The zero-order valence-corrected chi connectivity index (χ0v) is 10.2. The lowest BCUT2D eigenvalue weighted by Gasteiger charge is -2.21. The van der Waals surface area contributed by atoms with Crippen molar-refractivity contribution in [2.24, 2.45) is 11.7 Å². The van der Waals surface area contributed by atoms with Gasteiger partial charge >= 0.3 is 0 Å². The van der Waals surface area contributed by atoms with Crippen molar-refractivity contribution in [3.05, 3.63) is 34.3 Å². The van der Waals surface area contributed by atoms with Gasteiger partial charge in [0.2, 0.25) is 0 Å². The molecule has 1 saturated heterocycles. The summed E-state index contributed by atoms with van der Waals surface area (Å²) in [4.78, 5) is 0. The Kier molecular flexibility index (Phi) is 3.78. The summed E-state index contributed by atoms with van der Waals surface area (Å²) in [5.74, 6) is 1.02. The standard InChI is InChI=1S/C12H16BrNO/c13-11-3-1-2-9(6-11)12(7-14)10-4-5-15-8-10/h1-3,6,10,12H,4-5,7-8,14H2. The normalized spacial score (nSPS) is 22.9. The molecule has 0 spiro atoms. The van der Waals surface area contributed by atoms with Crippen molar-refractivity contribution in [3.8, 4) is 0 Å². The van der Waals surface area contributed by atoms with Crippen molar-refractivity contribution in [1.82, 2.24) is 0 Å². The third-order valence-electron chi connectivity index (χ3n) is 3.06. The summed E-state index contributed by atoms with van der Waals surface area (Å²) in [6.07, 6.45) is 1.13. The largest absolute Gasteiger partial charge is 0.381 e. The Hall–Kier alpha value is -0.380. The Bertz CT molecular complexity index is 323. The zero-order valence-electron chi connectivity index (χ0n) is 8.66. The van der Waals surface area contributed by atoms with Gasteiger partial charge in [-0.25, -0.2) is 0 Å². The first kappa shape index (κ1) is 11.1. The van der Waals surface area contributed by atoms with Crippen LogP contribution >= 0.6 is 15.9 Å². The molecule has 82 valence electrons. The van der Waals surface area contributed by atoms with Crippen molar-refractivity contribution in [3.63, 3.8) is 0 Å². The van der Waals surface area contributed by atoms with Crippen LogP contribution in [-0.4, -0.2) is 19.8 Å². The first-order chi connectivity index (χ1) is 7.31. The van der Waals surface area contributed by atoms with E-state index in [0.717, 1.165) is 24.1 Å². The minimum absolute atomic E-state index is 0.435. The smallest absolute Gasteiger partial charge is 0.0501 e. The summed E-state index contributed by atoms with van der Waals surface area (Å²) in [5, 5.41) is 0. The first-order valence-electron chi connectivity index (χ1n) is 5.34. The maximum atomic E-state index is 5.86. The number of halogens is 1. The molecule has 2 N–H and O–H groups in total. The van der Waals surface area contributed by atoms with E-state index in [-0.39, 0.29) is 0 Å². The van der Waals surface area contributed by atoms with Crippen LogP contribution in [-0.2, 0) is 4.74 Å². The van der Waals surface area contributed by atoms with E-state index in [1.807, 2.05) is 6.07 Å². The molecule has 2 atom stereocenters. The maximum absolute atomic E-state index is 5.86.